The molecule has 0 radical (unpaired) electrons. The van der Waals surface area contributed by atoms with Crippen molar-refractivity contribution in [2.75, 3.05) is 4.90 Å². The van der Waals surface area contributed by atoms with Gasteiger partial charge in [0.2, 0.25) is 11.8 Å². The minimum absolute atomic E-state index is 0.222. The van der Waals surface area contributed by atoms with Crippen LogP contribution in [-0.4, -0.2) is 39.0 Å². The van der Waals surface area contributed by atoms with E-state index in [0.29, 0.717) is 32.4 Å². The first-order valence-corrected chi connectivity index (χ1v) is 11.5. The van der Waals surface area contributed by atoms with Gasteiger partial charge in [-0.3, -0.25) is 14.5 Å². The lowest BCUT2D eigenvalue weighted by molar-refractivity contribution is -0.138. The van der Waals surface area contributed by atoms with Gasteiger partial charge in [0.15, 0.2) is 17.1 Å². The van der Waals surface area contributed by atoms with Crippen molar-refractivity contribution in [3.63, 3.8) is 0 Å². The molecule has 0 N–H and O–H groups in total. The standard InChI is InChI=1S/C22H16Cl2N6O2S/c1-12(31)29(19-9-14(23)7-8-16(19)24)22-26-18(10-33-22)21-27-20-15-5-3-4-6-17(15)25-11-28(20)30(21)13(2)32/h3-11,21H,1-2H3. The van der Waals surface area contributed by atoms with E-state index in [1.165, 1.54) is 35.1 Å². The van der Waals surface area contributed by atoms with Gasteiger partial charge < -0.3 is 0 Å². The third kappa shape index (κ3) is 3.68. The molecule has 1 atom stereocenters. The second kappa shape index (κ2) is 8.26. The number of fused-ring (bicyclic) bond motifs is 3. The number of halogens is 2. The van der Waals surface area contributed by atoms with Crippen LogP contribution < -0.4 is 4.90 Å². The fraction of sp³-hybridized carbons (Fsp3) is 0.136. The molecular formula is C22H16Cl2N6O2S. The molecule has 2 aromatic carbocycles. The number of para-hydroxylation sites is 1. The molecule has 0 aliphatic carbocycles. The third-order valence-corrected chi connectivity index (χ3v) is 6.53. The van der Waals surface area contributed by atoms with Crippen molar-refractivity contribution in [3.8, 4) is 0 Å². The summed E-state index contributed by atoms with van der Waals surface area (Å²) in [6.07, 6.45) is 0.868. The van der Waals surface area contributed by atoms with Gasteiger partial charge in [0.25, 0.3) is 0 Å². The van der Waals surface area contributed by atoms with Crippen molar-refractivity contribution in [2.24, 2.45) is 9.98 Å². The van der Waals surface area contributed by atoms with Crippen molar-refractivity contribution in [3.05, 3.63) is 69.1 Å². The molecule has 1 unspecified atom stereocenters. The van der Waals surface area contributed by atoms with E-state index in [2.05, 4.69) is 9.98 Å². The Kier molecular flexibility index (Phi) is 5.40. The van der Waals surface area contributed by atoms with Gasteiger partial charge in [-0.25, -0.2) is 25.0 Å². The number of amides is 2. The largest absolute Gasteiger partial charge is 0.274 e. The number of thiazole rings is 1. The van der Waals surface area contributed by atoms with E-state index in [0.717, 1.165) is 11.3 Å². The lowest BCUT2D eigenvalue weighted by Crippen LogP contribution is -2.45. The zero-order valence-corrected chi connectivity index (χ0v) is 19.8. The summed E-state index contributed by atoms with van der Waals surface area (Å²) in [4.78, 5) is 40.4. The Labute approximate surface area is 203 Å². The van der Waals surface area contributed by atoms with E-state index in [4.69, 9.17) is 28.2 Å². The fourth-order valence-electron chi connectivity index (χ4n) is 3.72. The average Bonchev–Trinajstić information content (AvgIpc) is 3.41. The summed E-state index contributed by atoms with van der Waals surface area (Å²) in [7, 11) is 0. The summed E-state index contributed by atoms with van der Waals surface area (Å²) in [5, 5.41) is 6.09. The maximum Gasteiger partial charge on any atom is 0.240 e. The van der Waals surface area contributed by atoms with Crippen molar-refractivity contribution < 1.29 is 9.59 Å². The number of aliphatic imine (C=N–C) groups is 2. The smallest absolute Gasteiger partial charge is 0.240 e. The van der Waals surface area contributed by atoms with Gasteiger partial charge in [0, 0.05) is 29.8 Å². The highest BCUT2D eigenvalue weighted by molar-refractivity contribution is 7.14. The summed E-state index contributed by atoms with van der Waals surface area (Å²) in [5.41, 5.74) is 2.54. The number of anilines is 2. The van der Waals surface area contributed by atoms with Crippen molar-refractivity contribution in [2.45, 2.75) is 20.0 Å². The number of hydrogen-bond donors (Lipinski definition) is 0. The molecule has 0 saturated heterocycles. The number of carbonyl (C=O) groups excluding carboxylic acids is 2. The van der Waals surface area contributed by atoms with Crippen LogP contribution in [-0.2, 0) is 9.59 Å². The number of aromatic nitrogens is 1. The van der Waals surface area contributed by atoms with Gasteiger partial charge in [-0.1, -0.05) is 35.3 Å². The molecule has 166 valence electrons. The molecule has 0 fully saturated rings. The molecule has 11 heteroatoms. The Bertz CT molecular complexity index is 1350. The molecule has 2 amide bonds. The molecule has 5 rings (SSSR count). The van der Waals surface area contributed by atoms with Crippen LogP contribution in [0.25, 0.3) is 0 Å². The Morgan fingerprint density at radius 1 is 1.12 bits per heavy atom. The van der Waals surface area contributed by atoms with E-state index < -0.39 is 6.17 Å². The number of hydrazine groups is 1. The summed E-state index contributed by atoms with van der Waals surface area (Å²) >= 11 is 13.7. The van der Waals surface area contributed by atoms with Crippen LogP contribution in [0.1, 0.15) is 31.3 Å². The molecule has 2 aliphatic rings. The van der Waals surface area contributed by atoms with Crippen LogP contribution in [0.15, 0.2) is 57.8 Å². The van der Waals surface area contributed by atoms with Crippen LogP contribution in [0.3, 0.4) is 0 Å². The van der Waals surface area contributed by atoms with Crippen LogP contribution in [0, 0.1) is 0 Å². The summed E-state index contributed by atoms with van der Waals surface area (Å²) in [5.74, 6) is 0.108. The van der Waals surface area contributed by atoms with Gasteiger partial charge in [0.05, 0.1) is 16.4 Å². The van der Waals surface area contributed by atoms with E-state index >= 15 is 0 Å². The van der Waals surface area contributed by atoms with E-state index in [1.54, 1.807) is 34.9 Å². The molecule has 0 bridgehead atoms. The number of benzene rings is 2. The second-order valence-electron chi connectivity index (χ2n) is 7.30. The normalized spacial score (nSPS) is 16.4. The average molecular weight is 499 g/mol. The Morgan fingerprint density at radius 3 is 2.67 bits per heavy atom. The lowest BCUT2D eigenvalue weighted by Gasteiger charge is -2.30. The van der Waals surface area contributed by atoms with Crippen molar-refractivity contribution in [1.29, 1.82) is 0 Å². The molecule has 0 spiro atoms. The van der Waals surface area contributed by atoms with Crippen LogP contribution in [0.4, 0.5) is 16.5 Å². The topological polar surface area (TPSA) is 81.5 Å². The quantitative estimate of drug-likeness (QED) is 0.488. The number of hydrogen-bond acceptors (Lipinski definition) is 7. The zero-order chi connectivity index (χ0) is 23.3. The summed E-state index contributed by atoms with van der Waals surface area (Å²) < 4.78 is 0. The Balaban J connectivity index is 1.57. The van der Waals surface area contributed by atoms with Gasteiger partial charge in [0.1, 0.15) is 12.0 Å². The molecule has 8 nitrogen and oxygen atoms in total. The molecule has 33 heavy (non-hydrogen) atoms. The first kappa shape index (κ1) is 21.6. The highest BCUT2D eigenvalue weighted by Crippen LogP contribution is 2.40. The fourth-order valence-corrected chi connectivity index (χ4v) is 4.98. The highest BCUT2D eigenvalue weighted by atomic mass is 35.5. The van der Waals surface area contributed by atoms with Crippen LogP contribution >= 0.6 is 34.5 Å². The van der Waals surface area contributed by atoms with Gasteiger partial charge in [-0.15, -0.1) is 11.3 Å². The van der Waals surface area contributed by atoms with Crippen molar-refractivity contribution >= 4 is 75.0 Å². The molecule has 0 saturated carbocycles. The van der Waals surface area contributed by atoms with Crippen LogP contribution in [0.5, 0.6) is 0 Å². The maximum atomic E-state index is 12.6. The van der Waals surface area contributed by atoms with Crippen molar-refractivity contribution in [1.82, 2.24) is 15.0 Å². The number of amidine groups is 1. The summed E-state index contributed by atoms with van der Waals surface area (Å²) in [6, 6.07) is 12.5. The summed E-state index contributed by atoms with van der Waals surface area (Å²) in [6.45, 7) is 2.88. The predicted molar refractivity (Wildman–Crippen MR) is 130 cm³/mol. The van der Waals surface area contributed by atoms with Crippen LogP contribution in [0.2, 0.25) is 10.0 Å². The Hall–Kier alpha value is -3.27. The highest BCUT2D eigenvalue weighted by Gasteiger charge is 2.40. The number of carbonyl (C=O) groups is 2. The first-order chi connectivity index (χ1) is 15.8. The van der Waals surface area contributed by atoms with E-state index in [9.17, 15) is 9.59 Å². The predicted octanol–water partition coefficient (Wildman–Crippen LogP) is 5.33. The Morgan fingerprint density at radius 2 is 1.91 bits per heavy atom. The maximum absolute atomic E-state index is 12.6. The molecule has 2 aliphatic heterocycles. The minimum atomic E-state index is -0.705. The third-order valence-electron chi connectivity index (χ3n) is 5.13. The number of nitrogens with zero attached hydrogens (tertiary/aromatic N) is 6. The van der Waals surface area contributed by atoms with E-state index in [1.807, 2.05) is 24.3 Å². The zero-order valence-electron chi connectivity index (χ0n) is 17.4. The lowest BCUT2D eigenvalue weighted by atomic mass is 10.1. The van der Waals surface area contributed by atoms with Gasteiger partial charge >= 0.3 is 0 Å². The number of rotatable bonds is 3. The van der Waals surface area contributed by atoms with E-state index in [-0.39, 0.29) is 11.8 Å². The van der Waals surface area contributed by atoms with Gasteiger partial charge in [-0.05, 0) is 30.3 Å². The molecular weight excluding hydrogens is 483 g/mol. The van der Waals surface area contributed by atoms with Gasteiger partial charge in [-0.2, -0.15) is 0 Å². The second-order valence-corrected chi connectivity index (χ2v) is 8.98. The molecule has 1 aromatic heterocycles. The first-order valence-electron chi connectivity index (χ1n) is 9.86. The minimum Gasteiger partial charge on any atom is -0.274 e. The molecule has 3 heterocycles. The monoisotopic (exact) mass is 498 g/mol. The molecule has 3 aromatic rings. The SMILES string of the molecule is CC(=O)N(c1nc(C2N=C3c4ccccc4N=CN3N2C(C)=O)cs1)c1cc(Cl)ccc1Cl.